The third-order valence-electron chi connectivity index (χ3n) is 3.69. The predicted octanol–water partition coefficient (Wildman–Crippen LogP) is 5.46. The molecule has 0 saturated heterocycles. The van der Waals surface area contributed by atoms with E-state index < -0.39 is 0 Å². The van der Waals surface area contributed by atoms with Crippen LogP contribution >= 0.6 is 0 Å². The van der Waals surface area contributed by atoms with Crippen LogP contribution in [0.2, 0.25) is 0 Å². The molecule has 0 spiro atoms. The molecule has 0 radical (unpaired) electrons. The second kappa shape index (κ2) is 10.9. The minimum absolute atomic E-state index is 0.435. The van der Waals surface area contributed by atoms with Crippen molar-refractivity contribution in [2.24, 2.45) is 11.8 Å². The van der Waals surface area contributed by atoms with Gasteiger partial charge in [-0.05, 0) is 38.5 Å². The second-order valence-corrected chi connectivity index (χ2v) is 5.50. The molecule has 1 nitrogen and oxygen atoms in total. The average Bonchev–Trinajstić information content (AvgIpc) is 2.38. The first-order valence-corrected chi connectivity index (χ1v) is 7.81. The third-order valence-corrected chi connectivity index (χ3v) is 3.69. The van der Waals surface area contributed by atoms with E-state index in [1.54, 1.807) is 0 Å². The van der Waals surface area contributed by atoms with Crippen LogP contribution in [-0.2, 0) is 0 Å². The van der Waals surface area contributed by atoms with Crippen molar-refractivity contribution in [1.29, 1.82) is 0 Å². The molecule has 0 heterocycles. The maximum atomic E-state index is 4.26. The van der Waals surface area contributed by atoms with Gasteiger partial charge in [-0.1, -0.05) is 64.5 Å². The van der Waals surface area contributed by atoms with Crippen molar-refractivity contribution in [3.05, 3.63) is 36.6 Å². The van der Waals surface area contributed by atoms with Crippen molar-refractivity contribution in [1.82, 2.24) is 5.32 Å². The van der Waals surface area contributed by atoms with Gasteiger partial charge < -0.3 is 5.32 Å². The Morgan fingerprint density at radius 3 is 2.16 bits per heavy atom. The Hall–Kier alpha value is -0.980. The minimum Gasteiger partial charge on any atom is -0.386 e. The molecule has 0 aliphatic rings. The number of nitrogens with one attached hydrogen (secondary N) is 1. The molecule has 0 aliphatic carbocycles. The molecule has 110 valence electrons. The summed E-state index contributed by atoms with van der Waals surface area (Å²) in [6.07, 6.45) is 13.5. The van der Waals surface area contributed by atoms with Crippen LogP contribution in [-0.4, -0.2) is 6.04 Å². The monoisotopic (exact) mass is 263 g/mol. The average molecular weight is 263 g/mol. The fraction of sp³-hybridized carbons (Fsp3) is 0.667. The summed E-state index contributed by atoms with van der Waals surface area (Å²) in [6.45, 7) is 15.3. The Balaban J connectivity index is 4.35. The lowest BCUT2D eigenvalue weighted by atomic mass is 9.93. The van der Waals surface area contributed by atoms with Crippen LogP contribution in [0.25, 0.3) is 0 Å². The quantitative estimate of drug-likeness (QED) is 0.516. The molecule has 0 aromatic rings. The topological polar surface area (TPSA) is 12.0 Å². The van der Waals surface area contributed by atoms with Gasteiger partial charge in [-0.15, -0.1) is 0 Å². The van der Waals surface area contributed by atoms with Crippen LogP contribution < -0.4 is 5.32 Å². The molecular formula is C18H33N. The van der Waals surface area contributed by atoms with Gasteiger partial charge in [0.25, 0.3) is 0 Å². The molecule has 1 N–H and O–H groups in total. The summed E-state index contributed by atoms with van der Waals surface area (Å²) in [5.41, 5.74) is 1.22. The third kappa shape index (κ3) is 7.92. The Morgan fingerprint density at radius 1 is 1.11 bits per heavy atom. The molecule has 0 bridgehead atoms. The van der Waals surface area contributed by atoms with E-state index in [0.29, 0.717) is 17.9 Å². The normalized spacial score (nSPS) is 15.3. The summed E-state index contributed by atoms with van der Waals surface area (Å²) >= 11 is 0. The van der Waals surface area contributed by atoms with Crippen molar-refractivity contribution >= 4 is 0 Å². The Bertz CT molecular complexity index is 282. The van der Waals surface area contributed by atoms with Crippen LogP contribution in [0.4, 0.5) is 0 Å². The molecule has 19 heavy (non-hydrogen) atoms. The summed E-state index contributed by atoms with van der Waals surface area (Å²) < 4.78 is 0. The lowest BCUT2D eigenvalue weighted by Gasteiger charge is -2.26. The highest BCUT2D eigenvalue weighted by Crippen LogP contribution is 2.21. The van der Waals surface area contributed by atoms with Crippen molar-refractivity contribution < 1.29 is 0 Å². The van der Waals surface area contributed by atoms with Crippen LogP contribution in [0, 0.1) is 11.8 Å². The summed E-state index contributed by atoms with van der Waals surface area (Å²) in [4.78, 5) is 0. The SMILES string of the molecule is C=C(NC(C)C(C)/C=C\C=C/C)C(CCC)CCC. The molecule has 1 heteroatoms. The maximum Gasteiger partial charge on any atom is 0.0290 e. The van der Waals surface area contributed by atoms with Crippen molar-refractivity contribution in [2.75, 3.05) is 0 Å². The molecule has 2 unspecified atom stereocenters. The van der Waals surface area contributed by atoms with Gasteiger partial charge in [0.15, 0.2) is 0 Å². The van der Waals surface area contributed by atoms with Crippen LogP contribution in [0.1, 0.15) is 60.3 Å². The first-order chi connectivity index (χ1) is 9.06. The molecule has 2 atom stereocenters. The minimum atomic E-state index is 0.435. The molecule has 0 amide bonds. The van der Waals surface area contributed by atoms with Crippen LogP contribution in [0.5, 0.6) is 0 Å². The fourth-order valence-electron chi connectivity index (χ4n) is 2.25. The zero-order valence-electron chi connectivity index (χ0n) is 13.6. The van der Waals surface area contributed by atoms with E-state index in [1.807, 2.05) is 6.92 Å². The lowest BCUT2D eigenvalue weighted by molar-refractivity contribution is 0.423. The standard InChI is InChI=1S/C18H33N/c1-7-10-11-14-15(4)16(5)19-17(6)18(12-8-2)13-9-3/h7,10-11,14-16,18-19H,6,8-9,12-13H2,1-5H3/b10-7-,14-11-. The molecule has 0 aliphatic heterocycles. The highest BCUT2D eigenvalue weighted by molar-refractivity contribution is 5.06. The van der Waals surface area contributed by atoms with Gasteiger partial charge in [0.2, 0.25) is 0 Å². The summed E-state index contributed by atoms with van der Waals surface area (Å²) in [5, 5.41) is 3.61. The van der Waals surface area contributed by atoms with E-state index in [9.17, 15) is 0 Å². The maximum absolute atomic E-state index is 4.26. The summed E-state index contributed by atoms with van der Waals surface area (Å²) in [6, 6.07) is 0.435. The first kappa shape index (κ1) is 18.0. The highest BCUT2D eigenvalue weighted by atomic mass is 14.9. The van der Waals surface area contributed by atoms with Gasteiger partial charge in [-0.25, -0.2) is 0 Å². The van der Waals surface area contributed by atoms with Gasteiger partial charge in [0.05, 0.1) is 0 Å². The largest absolute Gasteiger partial charge is 0.386 e. The van der Waals surface area contributed by atoms with Gasteiger partial charge in [-0.3, -0.25) is 0 Å². The zero-order chi connectivity index (χ0) is 14.7. The van der Waals surface area contributed by atoms with E-state index >= 15 is 0 Å². The lowest BCUT2D eigenvalue weighted by Crippen LogP contribution is -2.33. The molecule has 0 saturated carbocycles. The molecular weight excluding hydrogens is 230 g/mol. The Morgan fingerprint density at radius 2 is 1.68 bits per heavy atom. The Kier molecular flexibility index (Phi) is 10.3. The van der Waals surface area contributed by atoms with E-state index in [0.717, 1.165) is 0 Å². The van der Waals surface area contributed by atoms with Gasteiger partial charge >= 0.3 is 0 Å². The van der Waals surface area contributed by atoms with Crippen molar-refractivity contribution in [3.8, 4) is 0 Å². The fourth-order valence-corrected chi connectivity index (χ4v) is 2.25. The molecule has 0 aromatic heterocycles. The van der Waals surface area contributed by atoms with Gasteiger partial charge in [0.1, 0.15) is 0 Å². The first-order valence-electron chi connectivity index (χ1n) is 7.81. The van der Waals surface area contributed by atoms with E-state index in [4.69, 9.17) is 0 Å². The summed E-state index contributed by atoms with van der Waals surface area (Å²) in [5.74, 6) is 1.14. The van der Waals surface area contributed by atoms with E-state index in [1.165, 1.54) is 31.4 Å². The molecule has 0 aromatic carbocycles. The highest BCUT2D eigenvalue weighted by Gasteiger charge is 2.15. The second-order valence-electron chi connectivity index (χ2n) is 5.50. The van der Waals surface area contributed by atoms with Crippen molar-refractivity contribution in [3.63, 3.8) is 0 Å². The number of allylic oxidation sites excluding steroid dienone is 4. The Labute approximate surface area is 120 Å². The zero-order valence-corrected chi connectivity index (χ0v) is 13.6. The smallest absolute Gasteiger partial charge is 0.0290 e. The summed E-state index contributed by atoms with van der Waals surface area (Å²) in [7, 11) is 0. The van der Waals surface area contributed by atoms with E-state index in [-0.39, 0.29) is 0 Å². The van der Waals surface area contributed by atoms with Crippen molar-refractivity contribution in [2.45, 2.75) is 66.3 Å². The predicted molar refractivity (Wildman–Crippen MR) is 88.2 cm³/mol. The van der Waals surface area contributed by atoms with Crippen LogP contribution in [0.15, 0.2) is 36.6 Å². The van der Waals surface area contributed by atoms with Gasteiger partial charge in [-0.2, -0.15) is 0 Å². The van der Waals surface area contributed by atoms with Crippen LogP contribution in [0.3, 0.4) is 0 Å². The number of hydrogen-bond acceptors (Lipinski definition) is 1. The van der Waals surface area contributed by atoms with E-state index in [2.05, 4.69) is 63.9 Å². The number of rotatable bonds is 10. The molecule has 0 fully saturated rings. The van der Waals surface area contributed by atoms with Gasteiger partial charge in [0, 0.05) is 11.7 Å². The molecule has 0 rings (SSSR count). The number of hydrogen-bond donors (Lipinski definition) is 1.